The van der Waals surface area contributed by atoms with Crippen molar-refractivity contribution in [3.05, 3.63) is 86.8 Å². The lowest BCUT2D eigenvalue weighted by Gasteiger charge is -2.07. The number of thiophene rings is 1. The molecule has 3 nitrogen and oxygen atoms in total. The van der Waals surface area contributed by atoms with Crippen molar-refractivity contribution in [2.24, 2.45) is 0 Å². The van der Waals surface area contributed by atoms with Crippen LogP contribution in [0.25, 0.3) is 6.08 Å². The molecule has 1 aliphatic heterocycles. The number of carbonyl (C=O) groups is 1. The first kappa shape index (κ1) is 15.9. The van der Waals surface area contributed by atoms with Gasteiger partial charge in [-0.2, -0.15) is 0 Å². The molecule has 5 heteroatoms. The van der Waals surface area contributed by atoms with Gasteiger partial charge >= 0.3 is 0 Å². The number of rotatable bonds is 4. The molecule has 0 radical (unpaired) electrons. The summed E-state index contributed by atoms with van der Waals surface area (Å²) in [5.41, 5.74) is 1.57. The van der Waals surface area contributed by atoms with E-state index >= 15 is 0 Å². The van der Waals surface area contributed by atoms with E-state index in [0.717, 1.165) is 10.4 Å². The number of allylic oxidation sites excluding steroid dienone is 1. The number of ketones is 1. The fourth-order valence-corrected chi connectivity index (χ4v) is 3.28. The molecule has 124 valence electrons. The second-order valence-electron chi connectivity index (χ2n) is 5.53. The minimum atomic E-state index is -0.104. The van der Waals surface area contributed by atoms with E-state index in [4.69, 9.17) is 21.1 Å². The molecule has 1 aromatic heterocycles. The second kappa shape index (κ2) is 6.75. The number of fused-ring (bicyclic) bond motifs is 1. The first-order chi connectivity index (χ1) is 12.2. The molecule has 0 saturated heterocycles. The van der Waals surface area contributed by atoms with Crippen molar-refractivity contribution in [2.45, 2.75) is 6.61 Å². The van der Waals surface area contributed by atoms with E-state index in [2.05, 4.69) is 0 Å². The molecule has 0 N–H and O–H groups in total. The van der Waals surface area contributed by atoms with E-state index in [1.165, 1.54) is 0 Å². The molecule has 0 saturated carbocycles. The van der Waals surface area contributed by atoms with Gasteiger partial charge in [0.25, 0.3) is 0 Å². The van der Waals surface area contributed by atoms with Gasteiger partial charge in [-0.25, -0.2) is 0 Å². The van der Waals surface area contributed by atoms with Gasteiger partial charge in [0, 0.05) is 22.0 Å². The zero-order valence-corrected chi connectivity index (χ0v) is 14.6. The van der Waals surface area contributed by atoms with Crippen LogP contribution in [0.15, 0.2) is 65.7 Å². The Bertz CT molecular complexity index is 944. The third-order valence-electron chi connectivity index (χ3n) is 3.78. The molecule has 2 heterocycles. The zero-order chi connectivity index (χ0) is 17.2. The van der Waals surface area contributed by atoms with Gasteiger partial charge in [0.2, 0.25) is 5.78 Å². The van der Waals surface area contributed by atoms with E-state index in [9.17, 15) is 4.79 Å². The maximum atomic E-state index is 12.4. The lowest BCUT2D eigenvalue weighted by molar-refractivity contribution is 0.101. The smallest absolute Gasteiger partial charge is 0.232 e. The monoisotopic (exact) mass is 368 g/mol. The number of benzene rings is 2. The number of ether oxygens (including phenoxy) is 2. The molecule has 1 aliphatic rings. The van der Waals surface area contributed by atoms with Crippen LogP contribution in [-0.2, 0) is 6.61 Å². The summed E-state index contributed by atoms with van der Waals surface area (Å²) < 4.78 is 11.5. The molecule has 0 unspecified atom stereocenters. The number of hydrogen-bond donors (Lipinski definition) is 0. The van der Waals surface area contributed by atoms with Crippen LogP contribution in [-0.4, -0.2) is 5.78 Å². The van der Waals surface area contributed by atoms with Crippen LogP contribution in [0.1, 0.15) is 20.8 Å². The fraction of sp³-hybridized carbons (Fsp3) is 0.0500. The number of hydrogen-bond acceptors (Lipinski definition) is 4. The van der Waals surface area contributed by atoms with Gasteiger partial charge in [0.05, 0.1) is 5.56 Å². The fourth-order valence-electron chi connectivity index (χ4n) is 2.51. The highest BCUT2D eigenvalue weighted by Crippen LogP contribution is 2.35. The third-order valence-corrected chi connectivity index (χ3v) is 4.85. The van der Waals surface area contributed by atoms with Gasteiger partial charge in [-0.05, 0) is 41.3 Å². The molecular formula is C20H13ClO3S. The lowest BCUT2D eigenvalue weighted by atomic mass is 10.1. The SMILES string of the molecule is O=C1/C(=C/c2cccs2)Oc2cc(OCc3ccc(Cl)cc3)ccc21. The Kier molecular flexibility index (Phi) is 4.30. The van der Waals surface area contributed by atoms with Crippen LogP contribution in [0.4, 0.5) is 0 Å². The van der Waals surface area contributed by atoms with Crippen molar-refractivity contribution in [1.82, 2.24) is 0 Å². The largest absolute Gasteiger partial charge is 0.489 e. The molecule has 0 fully saturated rings. The van der Waals surface area contributed by atoms with E-state index in [1.807, 2.05) is 41.8 Å². The molecule has 0 spiro atoms. The van der Waals surface area contributed by atoms with Crippen molar-refractivity contribution in [2.75, 3.05) is 0 Å². The highest BCUT2D eigenvalue weighted by molar-refractivity contribution is 7.10. The quantitative estimate of drug-likeness (QED) is 0.562. The summed E-state index contributed by atoms with van der Waals surface area (Å²) >= 11 is 7.43. The molecule has 3 aromatic rings. The van der Waals surface area contributed by atoms with Gasteiger partial charge in [-0.1, -0.05) is 29.8 Å². The summed E-state index contributed by atoms with van der Waals surface area (Å²) in [5.74, 6) is 1.42. The van der Waals surface area contributed by atoms with Crippen molar-refractivity contribution in [1.29, 1.82) is 0 Å². The Labute approximate surface area is 154 Å². The van der Waals surface area contributed by atoms with Crippen LogP contribution >= 0.6 is 22.9 Å². The standard InChI is InChI=1S/C20H13ClO3S/c21-14-5-3-13(4-6-14)12-23-15-7-8-17-18(10-15)24-19(20(17)22)11-16-2-1-9-25-16/h1-11H,12H2/b19-11-. The van der Waals surface area contributed by atoms with Crippen molar-refractivity contribution < 1.29 is 14.3 Å². The third kappa shape index (κ3) is 3.45. The topological polar surface area (TPSA) is 35.5 Å². The summed E-state index contributed by atoms with van der Waals surface area (Å²) in [6.45, 7) is 0.418. The number of carbonyl (C=O) groups excluding carboxylic acids is 1. The summed E-state index contributed by atoms with van der Waals surface area (Å²) in [4.78, 5) is 13.4. The molecule has 0 bridgehead atoms. The molecule has 0 amide bonds. The first-order valence-corrected chi connectivity index (χ1v) is 8.94. The van der Waals surface area contributed by atoms with E-state index < -0.39 is 0 Å². The van der Waals surface area contributed by atoms with Crippen molar-refractivity contribution in [3.63, 3.8) is 0 Å². The Morgan fingerprint density at radius 2 is 1.96 bits per heavy atom. The Hall–Kier alpha value is -2.56. The van der Waals surface area contributed by atoms with Crippen molar-refractivity contribution in [3.8, 4) is 11.5 Å². The molecule has 2 aromatic carbocycles. The van der Waals surface area contributed by atoms with Crippen LogP contribution in [0, 0.1) is 0 Å². The minimum Gasteiger partial charge on any atom is -0.489 e. The molecule has 25 heavy (non-hydrogen) atoms. The second-order valence-corrected chi connectivity index (χ2v) is 6.94. The first-order valence-electron chi connectivity index (χ1n) is 7.68. The summed E-state index contributed by atoms with van der Waals surface area (Å²) in [7, 11) is 0. The average molecular weight is 369 g/mol. The van der Waals surface area contributed by atoms with E-state index in [0.29, 0.717) is 34.5 Å². The number of Topliss-reactive ketones (excluding diaryl/α,β-unsaturated/α-hetero) is 1. The average Bonchev–Trinajstić information content (AvgIpc) is 3.23. The van der Waals surface area contributed by atoms with Gasteiger partial charge < -0.3 is 9.47 Å². The zero-order valence-electron chi connectivity index (χ0n) is 13.1. The Balaban J connectivity index is 1.50. The highest BCUT2D eigenvalue weighted by atomic mass is 35.5. The summed E-state index contributed by atoms with van der Waals surface area (Å²) in [5, 5.41) is 2.65. The van der Waals surface area contributed by atoms with Gasteiger partial charge in [0.15, 0.2) is 5.76 Å². The van der Waals surface area contributed by atoms with Gasteiger partial charge in [-0.3, -0.25) is 4.79 Å². The van der Waals surface area contributed by atoms with E-state index in [-0.39, 0.29) is 5.78 Å². The Morgan fingerprint density at radius 1 is 1.12 bits per heavy atom. The molecular weight excluding hydrogens is 356 g/mol. The normalized spacial score (nSPS) is 14.4. The van der Waals surface area contributed by atoms with Gasteiger partial charge in [-0.15, -0.1) is 11.3 Å². The maximum absolute atomic E-state index is 12.4. The Morgan fingerprint density at radius 3 is 2.72 bits per heavy atom. The maximum Gasteiger partial charge on any atom is 0.232 e. The molecule has 4 rings (SSSR count). The van der Waals surface area contributed by atoms with Crippen LogP contribution < -0.4 is 9.47 Å². The lowest BCUT2D eigenvalue weighted by Crippen LogP contribution is -1.97. The van der Waals surface area contributed by atoms with E-state index in [1.54, 1.807) is 35.6 Å². The molecule has 0 atom stereocenters. The van der Waals surface area contributed by atoms with Gasteiger partial charge in [0.1, 0.15) is 18.1 Å². The summed E-state index contributed by atoms with van der Waals surface area (Å²) in [6.07, 6.45) is 1.77. The number of halogens is 1. The minimum absolute atomic E-state index is 0.104. The van der Waals surface area contributed by atoms with Crippen LogP contribution in [0.2, 0.25) is 5.02 Å². The molecule has 0 aliphatic carbocycles. The highest BCUT2D eigenvalue weighted by Gasteiger charge is 2.27. The van der Waals surface area contributed by atoms with Crippen LogP contribution in [0.3, 0.4) is 0 Å². The van der Waals surface area contributed by atoms with Crippen LogP contribution in [0.5, 0.6) is 11.5 Å². The summed E-state index contributed by atoms with van der Waals surface area (Å²) in [6, 6.07) is 16.6. The predicted molar refractivity (Wildman–Crippen MR) is 99.5 cm³/mol. The predicted octanol–water partition coefficient (Wildman–Crippen LogP) is 5.60. The van der Waals surface area contributed by atoms with Crippen molar-refractivity contribution >= 4 is 34.8 Å².